The Balaban J connectivity index is 1.87. The van der Waals surface area contributed by atoms with E-state index >= 15 is 0 Å². The molecule has 0 radical (unpaired) electrons. The molecule has 1 aliphatic rings. The van der Waals surface area contributed by atoms with Crippen LogP contribution in [0.5, 0.6) is 0 Å². The third-order valence-corrected chi connectivity index (χ3v) is 7.85. The lowest BCUT2D eigenvalue weighted by atomic mass is 9.82. The van der Waals surface area contributed by atoms with Crippen molar-refractivity contribution in [3.63, 3.8) is 0 Å². The highest BCUT2D eigenvalue weighted by Crippen LogP contribution is 2.27. The number of hydrogen-bond acceptors (Lipinski definition) is 8. The average Bonchev–Trinajstić information content (AvgIpc) is 3.00. The molecule has 11 nitrogen and oxygen atoms in total. The highest BCUT2D eigenvalue weighted by Gasteiger charge is 2.36. The Labute approximate surface area is 253 Å². The van der Waals surface area contributed by atoms with E-state index in [9.17, 15) is 22.8 Å². The van der Waals surface area contributed by atoms with Crippen LogP contribution in [-0.4, -0.2) is 52.5 Å². The number of amides is 2. The number of allylic oxidation sites excluding steroid dienone is 1. The van der Waals surface area contributed by atoms with Gasteiger partial charge in [-0.3, -0.25) is 15.0 Å². The van der Waals surface area contributed by atoms with Gasteiger partial charge >= 0.3 is 5.97 Å². The van der Waals surface area contributed by atoms with Gasteiger partial charge in [-0.25, -0.2) is 23.5 Å². The van der Waals surface area contributed by atoms with E-state index in [0.717, 1.165) is 29.1 Å². The normalized spacial score (nSPS) is 16.8. The van der Waals surface area contributed by atoms with Crippen molar-refractivity contribution in [3.05, 3.63) is 71.8 Å². The van der Waals surface area contributed by atoms with Gasteiger partial charge in [-0.05, 0) is 61.4 Å². The van der Waals surface area contributed by atoms with Gasteiger partial charge in [-0.15, -0.1) is 0 Å². The monoisotopic (exact) mass is 615 g/mol. The standard InChI is InChI=1S/C31H41N3O8S/c1-22(2)21-27(29(35)32-34(43(4,38)39)25-12-6-5-7-13-25)26(30(36)33-42-28-15-8-9-20-41-28)14-10-11-23-16-18-24(19-17-23)31(37)40-3/h5-7,10-13,16-19,22,26-28H,8-9,14-15,20-21H2,1-4H3,(H,32,35)(H,33,36)/t26-,27+,28?/m0/s1. The molecular weight excluding hydrogens is 574 g/mol. The van der Waals surface area contributed by atoms with Crippen LogP contribution in [0.3, 0.4) is 0 Å². The molecule has 0 aromatic heterocycles. The van der Waals surface area contributed by atoms with Gasteiger partial charge in [-0.1, -0.05) is 56.3 Å². The smallest absolute Gasteiger partial charge is 0.337 e. The van der Waals surface area contributed by atoms with E-state index in [4.69, 9.17) is 14.3 Å². The second kappa shape index (κ2) is 16.2. The Morgan fingerprint density at radius 3 is 2.30 bits per heavy atom. The van der Waals surface area contributed by atoms with E-state index in [2.05, 4.69) is 10.9 Å². The van der Waals surface area contributed by atoms with Gasteiger partial charge in [0.1, 0.15) is 0 Å². The minimum atomic E-state index is -3.90. The third kappa shape index (κ3) is 10.5. The van der Waals surface area contributed by atoms with E-state index in [1.165, 1.54) is 7.11 Å². The largest absolute Gasteiger partial charge is 0.465 e. The van der Waals surface area contributed by atoms with Crippen molar-refractivity contribution in [3.8, 4) is 0 Å². The molecule has 2 aromatic rings. The lowest BCUT2D eigenvalue weighted by Crippen LogP contribution is -2.51. The van der Waals surface area contributed by atoms with Crippen LogP contribution < -0.4 is 15.3 Å². The fraction of sp³-hybridized carbons (Fsp3) is 0.452. The topological polar surface area (TPSA) is 140 Å². The van der Waals surface area contributed by atoms with Gasteiger partial charge in [0.05, 0.1) is 36.5 Å². The van der Waals surface area contributed by atoms with Gasteiger partial charge in [0, 0.05) is 13.0 Å². The van der Waals surface area contributed by atoms with Crippen molar-refractivity contribution in [1.29, 1.82) is 0 Å². The first kappa shape index (κ1) is 33.8. The maximum Gasteiger partial charge on any atom is 0.337 e. The Kier molecular flexibility index (Phi) is 12.7. The van der Waals surface area contributed by atoms with E-state index in [1.807, 2.05) is 13.8 Å². The number of ether oxygens (including phenoxy) is 2. The van der Waals surface area contributed by atoms with Crippen LogP contribution in [0.25, 0.3) is 6.08 Å². The molecule has 1 unspecified atom stereocenters. The number of rotatable bonds is 14. The van der Waals surface area contributed by atoms with Crippen LogP contribution in [0, 0.1) is 17.8 Å². The van der Waals surface area contributed by atoms with Crippen molar-refractivity contribution < 1.29 is 37.1 Å². The van der Waals surface area contributed by atoms with E-state index in [-0.39, 0.29) is 18.0 Å². The van der Waals surface area contributed by atoms with Crippen LogP contribution in [0.2, 0.25) is 0 Å². The Morgan fingerprint density at radius 2 is 1.72 bits per heavy atom. The molecular formula is C31H41N3O8S. The number of methoxy groups -OCH3 is 1. The quantitative estimate of drug-likeness (QED) is 0.238. The first-order valence-corrected chi connectivity index (χ1v) is 16.1. The summed E-state index contributed by atoms with van der Waals surface area (Å²) in [5.41, 5.74) is 6.47. The minimum absolute atomic E-state index is 0.00639. The lowest BCUT2D eigenvalue weighted by molar-refractivity contribution is -0.203. The molecule has 1 saturated heterocycles. The maximum absolute atomic E-state index is 13.8. The number of benzene rings is 2. The number of hydrogen-bond donors (Lipinski definition) is 2. The zero-order valence-electron chi connectivity index (χ0n) is 25.0. The average molecular weight is 616 g/mol. The molecule has 2 aromatic carbocycles. The van der Waals surface area contributed by atoms with Crippen LogP contribution in [-0.2, 0) is 33.9 Å². The van der Waals surface area contributed by atoms with E-state index in [0.29, 0.717) is 25.0 Å². The van der Waals surface area contributed by atoms with Crippen LogP contribution >= 0.6 is 0 Å². The number of nitrogens with one attached hydrogen (secondary N) is 2. The SMILES string of the molecule is COC(=O)c1ccc(C=CC[C@H](C(=O)NOC2CCCCO2)[C@@H](CC(C)C)C(=O)NN(c2ccccc2)S(C)(=O)=O)cc1. The first-order chi connectivity index (χ1) is 20.5. The highest BCUT2D eigenvalue weighted by molar-refractivity contribution is 7.92. The summed E-state index contributed by atoms with van der Waals surface area (Å²) in [6.07, 6.45) is 6.85. The van der Waals surface area contributed by atoms with E-state index < -0.39 is 45.9 Å². The van der Waals surface area contributed by atoms with E-state index in [1.54, 1.807) is 66.7 Å². The fourth-order valence-corrected chi connectivity index (χ4v) is 5.46. The lowest BCUT2D eigenvalue weighted by Gasteiger charge is -2.30. The molecule has 43 heavy (non-hydrogen) atoms. The van der Waals surface area contributed by atoms with Gasteiger partial charge in [0.25, 0.3) is 0 Å². The van der Waals surface area contributed by atoms with Crippen molar-refractivity contribution in [2.75, 3.05) is 24.4 Å². The zero-order chi connectivity index (χ0) is 31.4. The van der Waals surface area contributed by atoms with Crippen molar-refractivity contribution in [2.45, 2.75) is 52.2 Å². The highest BCUT2D eigenvalue weighted by atomic mass is 32.2. The van der Waals surface area contributed by atoms with Crippen molar-refractivity contribution >= 4 is 39.6 Å². The second-order valence-corrected chi connectivity index (χ2v) is 12.6. The number of esters is 1. The summed E-state index contributed by atoms with van der Waals surface area (Å²) in [5, 5.41) is 0. The molecule has 12 heteroatoms. The predicted octanol–water partition coefficient (Wildman–Crippen LogP) is 4.23. The van der Waals surface area contributed by atoms with Gasteiger partial charge in [0.15, 0.2) is 6.29 Å². The second-order valence-electron chi connectivity index (χ2n) is 10.8. The molecule has 2 amide bonds. The summed E-state index contributed by atoms with van der Waals surface area (Å²) in [4.78, 5) is 44.7. The summed E-state index contributed by atoms with van der Waals surface area (Å²) in [6, 6.07) is 14.9. The Hall–Kier alpha value is -3.74. The number of carbonyl (C=O) groups is 3. The molecule has 3 atom stereocenters. The molecule has 0 saturated carbocycles. The molecule has 1 heterocycles. The third-order valence-electron chi connectivity index (χ3n) is 6.88. The van der Waals surface area contributed by atoms with Crippen LogP contribution in [0.15, 0.2) is 60.7 Å². The van der Waals surface area contributed by atoms with Crippen LogP contribution in [0.1, 0.15) is 61.9 Å². The summed E-state index contributed by atoms with van der Waals surface area (Å²) >= 11 is 0. The number of hydroxylamine groups is 1. The molecule has 3 rings (SSSR count). The summed E-state index contributed by atoms with van der Waals surface area (Å²) in [5.74, 6) is -3.40. The fourth-order valence-electron chi connectivity index (χ4n) is 4.70. The van der Waals surface area contributed by atoms with Crippen molar-refractivity contribution in [1.82, 2.24) is 10.9 Å². The summed E-state index contributed by atoms with van der Waals surface area (Å²) in [7, 11) is -2.59. The number of anilines is 1. The van der Waals surface area contributed by atoms with Gasteiger partial charge in [-0.2, -0.15) is 4.41 Å². The molecule has 1 fully saturated rings. The zero-order valence-corrected chi connectivity index (χ0v) is 25.8. The number of nitrogens with zero attached hydrogens (tertiary/aromatic N) is 1. The Morgan fingerprint density at radius 1 is 1.02 bits per heavy atom. The number of carbonyl (C=O) groups excluding carboxylic acids is 3. The first-order valence-electron chi connectivity index (χ1n) is 14.3. The van der Waals surface area contributed by atoms with Crippen molar-refractivity contribution in [2.24, 2.45) is 17.8 Å². The van der Waals surface area contributed by atoms with Gasteiger partial charge < -0.3 is 9.47 Å². The molecule has 0 bridgehead atoms. The number of sulfonamides is 1. The molecule has 2 N–H and O–H groups in total. The summed E-state index contributed by atoms with van der Waals surface area (Å²) < 4.78 is 36.4. The number of hydrazine groups is 1. The minimum Gasteiger partial charge on any atom is -0.465 e. The van der Waals surface area contributed by atoms with Gasteiger partial charge in [0.2, 0.25) is 21.8 Å². The molecule has 0 aliphatic carbocycles. The molecule has 0 spiro atoms. The number of para-hydroxylation sites is 1. The molecule has 1 aliphatic heterocycles. The summed E-state index contributed by atoms with van der Waals surface area (Å²) in [6.45, 7) is 4.37. The van der Waals surface area contributed by atoms with Crippen LogP contribution in [0.4, 0.5) is 5.69 Å². The predicted molar refractivity (Wildman–Crippen MR) is 163 cm³/mol. The molecule has 234 valence electrons. The Bertz CT molecular complexity index is 1340. The maximum atomic E-state index is 13.8.